The quantitative estimate of drug-likeness (QED) is 0.411. The number of rotatable bonds is 0. The average molecular weight is 195 g/mol. The Hall–Kier alpha value is 0.797. The molecule has 2 fully saturated rings. The summed E-state index contributed by atoms with van der Waals surface area (Å²) in [6.07, 6.45) is 0. The first kappa shape index (κ1) is 7.45. The molecular formula is C7H12Cl2Si. The van der Waals surface area contributed by atoms with E-state index in [0.717, 1.165) is 0 Å². The Balaban J connectivity index is 2.09. The molecule has 1 saturated carbocycles. The van der Waals surface area contributed by atoms with Gasteiger partial charge < -0.3 is 0 Å². The zero-order chi connectivity index (χ0) is 7.57. The van der Waals surface area contributed by atoms with Crippen molar-refractivity contribution in [2.75, 3.05) is 0 Å². The molecule has 0 spiro atoms. The Morgan fingerprint density at radius 1 is 1.20 bits per heavy atom. The molecule has 3 heteroatoms. The van der Waals surface area contributed by atoms with Gasteiger partial charge in [0.1, 0.15) is 4.33 Å². The zero-order valence-electron chi connectivity index (χ0n) is 6.32. The van der Waals surface area contributed by atoms with Crippen LogP contribution in [0.5, 0.6) is 0 Å². The van der Waals surface area contributed by atoms with Crippen LogP contribution in [0.2, 0.25) is 25.2 Å². The highest BCUT2D eigenvalue weighted by Gasteiger charge is 2.68. The highest BCUT2D eigenvalue weighted by atomic mass is 35.5. The van der Waals surface area contributed by atoms with Crippen molar-refractivity contribution in [2.24, 2.45) is 11.8 Å². The molecule has 2 unspecified atom stereocenters. The third-order valence-corrected chi connectivity index (χ3v) is 7.12. The van der Waals surface area contributed by atoms with Crippen molar-refractivity contribution in [3.8, 4) is 0 Å². The zero-order valence-corrected chi connectivity index (χ0v) is 8.84. The van der Waals surface area contributed by atoms with Crippen LogP contribution in [0.15, 0.2) is 0 Å². The Labute approximate surface area is 72.9 Å². The Morgan fingerprint density at radius 3 is 1.90 bits per heavy atom. The van der Waals surface area contributed by atoms with Crippen LogP contribution in [-0.2, 0) is 0 Å². The summed E-state index contributed by atoms with van der Waals surface area (Å²) in [6, 6.07) is 2.70. The molecule has 58 valence electrons. The van der Waals surface area contributed by atoms with E-state index in [0.29, 0.717) is 11.8 Å². The number of alkyl halides is 2. The molecular weight excluding hydrogens is 183 g/mol. The van der Waals surface area contributed by atoms with Crippen molar-refractivity contribution in [2.45, 2.75) is 29.5 Å². The molecule has 0 aromatic rings. The van der Waals surface area contributed by atoms with Crippen molar-refractivity contribution in [1.29, 1.82) is 0 Å². The standard InChI is InChI=1S/C7H12Cl2Si/c1-10(2)3-5-6(4-10)7(5,8)9/h5-6H,3-4H2,1-2H3. The van der Waals surface area contributed by atoms with Gasteiger partial charge in [0.05, 0.1) is 0 Å². The minimum absolute atomic E-state index is 0.303. The summed E-state index contributed by atoms with van der Waals surface area (Å²) in [6.45, 7) is 4.87. The van der Waals surface area contributed by atoms with Crippen LogP contribution < -0.4 is 0 Å². The summed E-state index contributed by atoms with van der Waals surface area (Å²) in [7, 11) is -0.811. The van der Waals surface area contributed by atoms with Gasteiger partial charge >= 0.3 is 0 Å². The number of hydrogen-bond donors (Lipinski definition) is 0. The van der Waals surface area contributed by atoms with Crippen LogP contribution in [0.3, 0.4) is 0 Å². The van der Waals surface area contributed by atoms with Crippen molar-refractivity contribution >= 4 is 31.3 Å². The molecule has 0 amide bonds. The minimum Gasteiger partial charge on any atom is -0.101 e. The molecule has 2 atom stereocenters. The molecule has 0 aromatic carbocycles. The summed E-state index contributed by atoms with van der Waals surface area (Å²) < 4.78 is -0.303. The second-order valence-corrected chi connectivity index (χ2v) is 11.0. The van der Waals surface area contributed by atoms with E-state index in [1.807, 2.05) is 0 Å². The lowest BCUT2D eigenvalue weighted by atomic mass is 10.4. The van der Waals surface area contributed by atoms with E-state index in [2.05, 4.69) is 13.1 Å². The SMILES string of the molecule is C[Si]1(C)CC2C(C1)C2(Cl)Cl. The van der Waals surface area contributed by atoms with Gasteiger partial charge in [-0.15, -0.1) is 23.2 Å². The maximum absolute atomic E-state index is 6.02. The van der Waals surface area contributed by atoms with Crippen LogP contribution in [-0.4, -0.2) is 12.4 Å². The van der Waals surface area contributed by atoms with Crippen LogP contribution in [0.1, 0.15) is 0 Å². The topological polar surface area (TPSA) is 0 Å². The molecule has 2 rings (SSSR count). The summed E-state index contributed by atoms with van der Waals surface area (Å²) in [5.41, 5.74) is 0. The number of hydrogen-bond acceptors (Lipinski definition) is 0. The van der Waals surface area contributed by atoms with Gasteiger partial charge in [-0.3, -0.25) is 0 Å². The molecule has 0 aromatic heterocycles. The van der Waals surface area contributed by atoms with Gasteiger partial charge in [0, 0.05) is 8.07 Å². The van der Waals surface area contributed by atoms with Gasteiger partial charge in [-0.05, 0) is 11.8 Å². The molecule has 0 bridgehead atoms. The molecule has 0 radical (unpaired) electrons. The largest absolute Gasteiger partial charge is 0.124 e. The summed E-state index contributed by atoms with van der Waals surface area (Å²) in [5, 5.41) is 0. The molecule has 10 heavy (non-hydrogen) atoms. The minimum atomic E-state index is -0.811. The molecule has 1 heterocycles. The highest BCUT2D eigenvalue weighted by Crippen LogP contribution is 2.69. The van der Waals surface area contributed by atoms with Gasteiger partial charge in [0.2, 0.25) is 0 Å². The van der Waals surface area contributed by atoms with Crippen molar-refractivity contribution in [3.63, 3.8) is 0 Å². The van der Waals surface area contributed by atoms with E-state index in [1.54, 1.807) is 0 Å². The van der Waals surface area contributed by atoms with Crippen LogP contribution in [0.25, 0.3) is 0 Å². The van der Waals surface area contributed by atoms with Crippen molar-refractivity contribution in [3.05, 3.63) is 0 Å². The Morgan fingerprint density at radius 2 is 1.60 bits per heavy atom. The van der Waals surface area contributed by atoms with E-state index in [-0.39, 0.29) is 4.33 Å². The van der Waals surface area contributed by atoms with E-state index >= 15 is 0 Å². The monoisotopic (exact) mass is 194 g/mol. The lowest BCUT2D eigenvalue weighted by Gasteiger charge is -2.19. The third kappa shape index (κ3) is 0.870. The molecule has 1 aliphatic heterocycles. The summed E-state index contributed by atoms with van der Waals surface area (Å²) in [4.78, 5) is 0. The molecule has 1 saturated heterocycles. The van der Waals surface area contributed by atoms with Crippen LogP contribution >= 0.6 is 23.2 Å². The second-order valence-electron chi connectivity index (χ2n) is 4.46. The number of halogens is 2. The molecule has 2 aliphatic rings. The lowest BCUT2D eigenvalue weighted by Crippen LogP contribution is -2.25. The maximum Gasteiger partial charge on any atom is 0.124 e. The summed E-state index contributed by atoms with van der Waals surface area (Å²) >= 11 is 12.0. The smallest absolute Gasteiger partial charge is 0.101 e. The maximum atomic E-state index is 6.02. The third-order valence-electron chi connectivity index (χ3n) is 2.91. The normalized spacial score (nSPS) is 46.8. The number of fused-ring (bicyclic) bond motifs is 1. The van der Waals surface area contributed by atoms with Crippen molar-refractivity contribution in [1.82, 2.24) is 0 Å². The fraction of sp³-hybridized carbons (Fsp3) is 1.00. The first-order valence-corrected chi connectivity index (χ1v) is 7.98. The van der Waals surface area contributed by atoms with E-state index in [1.165, 1.54) is 12.1 Å². The van der Waals surface area contributed by atoms with Gasteiger partial charge in [-0.1, -0.05) is 25.2 Å². The highest BCUT2D eigenvalue weighted by molar-refractivity contribution is 6.79. The van der Waals surface area contributed by atoms with Crippen LogP contribution in [0.4, 0.5) is 0 Å². The summed E-state index contributed by atoms with van der Waals surface area (Å²) in [5.74, 6) is 1.33. The molecule has 1 aliphatic carbocycles. The lowest BCUT2D eigenvalue weighted by molar-refractivity contribution is 0.882. The predicted octanol–water partition coefficient (Wildman–Crippen LogP) is 3.13. The van der Waals surface area contributed by atoms with E-state index in [4.69, 9.17) is 23.2 Å². The Kier molecular flexibility index (Phi) is 1.31. The second kappa shape index (κ2) is 1.75. The predicted molar refractivity (Wildman–Crippen MR) is 48.5 cm³/mol. The first-order chi connectivity index (χ1) is 4.43. The van der Waals surface area contributed by atoms with Crippen LogP contribution in [0, 0.1) is 11.8 Å². The fourth-order valence-electron chi connectivity index (χ4n) is 2.29. The first-order valence-electron chi connectivity index (χ1n) is 3.81. The van der Waals surface area contributed by atoms with Gasteiger partial charge in [0.15, 0.2) is 0 Å². The molecule has 0 N–H and O–H groups in total. The van der Waals surface area contributed by atoms with E-state index in [9.17, 15) is 0 Å². The van der Waals surface area contributed by atoms with Gasteiger partial charge in [-0.2, -0.15) is 0 Å². The average Bonchev–Trinajstić information content (AvgIpc) is 2.24. The van der Waals surface area contributed by atoms with Gasteiger partial charge in [-0.25, -0.2) is 0 Å². The van der Waals surface area contributed by atoms with E-state index < -0.39 is 8.07 Å². The van der Waals surface area contributed by atoms with Crippen molar-refractivity contribution < 1.29 is 0 Å². The van der Waals surface area contributed by atoms with Gasteiger partial charge in [0.25, 0.3) is 0 Å². The Bertz CT molecular complexity index is 158. The fourth-order valence-corrected chi connectivity index (χ4v) is 7.36. The molecule has 0 nitrogen and oxygen atoms in total.